The molecule has 0 unspecified atom stereocenters. The molecule has 0 atom stereocenters. The summed E-state index contributed by atoms with van der Waals surface area (Å²) in [6.45, 7) is 1.75. The summed E-state index contributed by atoms with van der Waals surface area (Å²) in [5.41, 5.74) is 0.357. The Morgan fingerprint density at radius 3 is 2.67 bits per heavy atom. The Morgan fingerprint density at radius 2 is 2.17 bits per heavy atom. The molecule has 0 spiro atoms. The monoisotopic (exact) mass is 251 g/mol. The molecule has 0 radical (unpaired) electrons. The Morgan fingerprint density at radius 1 is 1.58 bits per heavy atom. The highest BCUT2D eigenvalue weighted by atomic mass is 79.9. The van der Waals surface area contributed by atoms with Gasteiger partial charge in [0, 0.05) is 5.69 Å². The smallest absolute Gasteiger partial charge is 0.270 e. The average molecular weight is 252 g/mol. The maximum absolute atomic E-state index is 11.1. The molecule has 0 aliphatic rings. The first-order valence-corrected chi connectivity index (χ1v) is 4.37. The molecule has 1 heterocycles. The zero-order valence-electron chi connectivity index (χ0n) is 6.57. The van der Waals surface area contributed by atoms with E-state index in [0.717, 1.165) is 0 Å². The minimum atomic E-state index is -0.339. The molecule has 0 saturated heterocycles. The van der Waals surface area contributed by atoms with Gasteiger partial charge in [0.15, 0.2) is 5.75 Å². The van der Waals surface area contributed by atoms with E-state index in [2.05, 4.69) is 20.9 Å². The molecule has 1 rings (SSSR count). The molecule has 1 N–H and O–H groups in total. The second-order valence-corrected chi connectivity index (χ2v) is 3.41. The molecule has 3 nitrogen and oxygen atoms in total. The van der Waals surface area contributed by atoms with E-state index in [4.69, 9.17) is 16.3 Å². The third-order valence-corrected chi connectivity index (χ3v) is 2.73. The van der Waals surface area contributed by atoms with E-state index in [1.807, 2.05) is 0 Å². The summed E-state index contributed by atoms with van der Waals surface area (Å²) in [5, 5.41) is 0.0648. The fourth-order valence-corrected chi connectivity index (χ4v) is 1.62. The fourth-order valence-electron chi connectivity index (χ4n) is 0.829. The number of H-pyrrole nitrogens is 1. The van der Waals surface area contributed by atoms with E-state index in [0.29, 0.717) is 15.9 Å². The van der Waals surface area contributed by atoms with E-state index in [1.165, 1.54) is 7.11 Å². The average Bonchev–Trinajstić information content (AvgIpc) is 2.02. The predicted octanol–water partition coefficient (Wildman–Crippen LogP) is 2.11. The van der Waals surface area contributed by atoms with Crippen LogP contribution in [0.5, 0.6) is 5.75 Å². The number of nitrogens with one attached hydrogen (secondary N) is 1. The molecule has 0 aliphatic carbocycles. The highest BCUT2D eigenvalue weighted by Gasteiger charge is 2.11. The zero-order valence-corrected chi connectivity index (χ0v) is 8.91. The maximum atomic E-state index is 11.1. The van der Waals surface area contributed by atoms with Crippen LogP contribution in [0.3, 0.4) is 0 Å². The van der Waals surface area contributed by atoms with Crippen LogP contribution < -0.4 is 10.3 Å². The predicted molar refractivity (Wildman–Crippen MR) is 51.1 cm³/mol. The first-order valence-electron chi connectivity index (χ1n) is 3.19. The van der Waals surface area contributed by atoms with E-state index in [1.54, 1.807) is 6.92 Å². The lowest BCUT2D eigenvalue weighted by Crippen LogP contribution is -2.10. The third-order valence-electron chi connectivity index (χ3n) is 1.43. The minimum Gasteiger partial charge on any atom is -0.494 e. The van der Waals surface area contributed by atoms with Gasteiger partial charge in [-0.1, -0.05) is 11.6 Å². The summed E-state index contributed by atoms with van der Waals surface area (Å²) in [5.74, 6) is 0.373. The van der Waals surface area contributed by atoms with Gasteiger partial charge >= 0.3 is 0 Å². The van der Waals surface area contributed by atoms with Crippen LogP contribution in [0, 0.1) is 6.92 Å². The Bertz CT molecular complexity index is 361. The van der Waals surface area contributed by atoms with Crippen molar-refractivity contribution in [3.8, 4) is 5.75 Å². The summed E-state index contributed by atoms with van der Waals surface area (Å²) in [4.78, 5) is 13.7. The van der Waals surface area contributed by atoms with E-state index in [9.17, 15) is 4.79 Å². The highest BCUT2D eigenvalue weighted by molar-refractivity contribution is 9.10. The van der Waals surface area contributed by atoms with Crippen molar-refractivity contribution in [3.05, 3.63) is 25.5 Å². The number of methoxy groups -OCH3 is 1. The Balaban J connectivity index is 3.53. The lowest BCUT2D eigenvalue weighted by Gasteiger charge is -2.06. The van der Waals surface area contributed by atoms with E-state index >= 15 is 0 Å². The quantitative estimate of drug-likeness (QED) is 0.832. The Kier molecular flexibility index (Phi) is 2.80. The normalized spacial score (nSPS) is 10.0. The number of ether oxygens (including phenoxy) is 1. The largest absolute Gasteiger partial charge is 0.494 e. The van der Waals surface area contributed by atoms with Crippen molar-refractivity contribution in [1.29, 1.82) is 0 Å². The number of aryl methyl sites for hydroxylation is 1. The number of hydrogen-bond acceptors (Lipinski definition) is 2. The van der Waals surface area contributed by atoms with Crippen LogP contribution in [0.1, 0.15) is 5.69 Å². The van der Waals surface area contributed by atoms with Gasteiger partial charge in [-0.05, 0) is 22.9 Å². The van der Waals surface area contributed by atoms with Gasteiger partial charge in [-0.25, -0.2) is 0 Å². The molecule has 0 aromatic carbocycles. The van der Waals surface area contributed by atoms with Crippen LogP contribution in [-0.2, 0) is 0 Å². The van der Waals surface area contributed by atoms with Crippen molar-refractivity contribution in [1.82, 2.24) is 4.98 Å². The molecule has 0 saturated carbocycles. The van der Waals surface area contributed by atoms with E-state index < -0.39 is 0 Å². The molecular weight excluding hydrogens is 245 g/mol. The number of aromatic amines is 1. The van der Waals surface area contributed by atoms with Crippen LogP contribution >= 0.6 is 27.5 Å². The van der Waals surface area contributed by atoms with Gasteiger partial charge in [0.1, 0.15) is 5.02 Å². The van der Waals surface area contributed by atoms with Gasteiger partial charge in [0.25, 0.3) is 5.56 Å². The van der Waals surface area contributed by atoms with Crippen LogP contribution in [-0.4, -0.2) is 12.1 Å². The van der Waals surface area contributed by atoms with Gasteiger partial charge in [-0.3, -0.25) is 4.79 Å². The maximum Gasteiger partial charge on any atom is 0.270 e. The number of aromatic nitrogens is 1. The Hall–Kier alpha value is -0.480. The highest BCUT2D eigenvalue weighted by Crippen LogP contribution is 2.31. The molecule has 0 aliphatic heterocycles. The van der Waals surface area contributed by atoms with Crippen LogP contribution in [0.25, 0.3) is 0 Å². The lowest BCUT2D eigenvalue weighted by atomic mass is 10.3. The number of pyridine rings is 1. The molecule has 1 aromatic rings. The van der Waals surface area contributed by atoms with Crippen LogP contribution in [0.4, 0.5) is 0 Å². The van der Waals surface area contributed by atoms with Crippen molar-refractivity contribution in [2.45, 2.75) is 6.92 Å². The topological polar surface area (TPSA) is 42.1 Å². The molecule has 0 fully saturated rings. The van der Waals surface area contributed by atoms with Crippen molar-refractivity contribution < 1.29 is 4.74 Å². The van der Waals surface area contributed by atoms with Gasteiger partial charge in [0.2, 0.25) is 0 Å². The molecule has 12 heavy (non-hydrogen) atoms. The van der Waals surface area contributed by atoms with Gasteiger partial charge < -0.3 is 9.72 Å². The number of rotatable bonds is 1. The van der Waals surface area contributed by atoms with Crippen molar-refractivity contribution in [2.24, 2.45) is 0 Å². The Labute approximate surface area is 82.8 Å². The molecule has 5 heteroatoms. The molecular formula is C7H7BrClNO2. The fraction of sp³-hybridized carbons (Fsp3) is 0.286. The third kappa shape index (κ3) is 1.49. The van der Waals surface area contributed by atoms with Crippen molar-refractivity contribution >= 4 is 27.5 Å². The van der Waals surface area contributed by atoms with Crippen molar-refractivity contribution in [3.63, 3.8) is 0 Å². The summed E-state index contributed by atoms with van der Waals surface area (Å²) in [6.07, 6.45) is 0. The summed E-state index contributed by atoms with van der Waals surface area (Å²) < 4.78 is 5.61. The number of hydrogen-bond donors (Lipinski definition) is 1. The first kappa shape index (κ1) is 9.61. The SMILES string of the molecule is COc1c(Br)c(C)[nH]c(=O)c1Cl. The number of halogens is 2. The van der Waals surface area contributed by atoms with Crippen LogP contribution in [0.2, 0.25) is 5.02 Å². The minimum absolute atomic E-state index is 0.0648. The standard InChI is InChI=1S/C7H7BrClNO2/c1-3-4(8)6(12-2)5(9)7(11)10-3/h1-2H3,(H,10,11). The zero-order chi connectivity index (χ0) is 9.30. The molecule has 0 bridgehead atoms. The summed E-state index contributed by atoms with van der Waals surface area (Å²) >= 11 is 8.92. The summed E-state index contributed by atoms with van der Waals surface area (Å²) in [6, 6.07) is 0. The molecule has 66 valence electrons. The molecule has 0 amide bonds. The van der Waals surface area contributed by atoms with E-state index in [-0.39, 0.29) is 10.6 Å². The van der Waals surface area contributed by atoms with Crippen LogP contribution in [0.15, 0.2) is 9.27 Å². The van der Waals surface area contributed by atoms with Gasteiger partial charge in [-0.15, -0.1) is 0 Å². The summed E-state index contributed by atoms with van der Waals surface area (Å²) in [7, 11) is 1.46. The second-order valence-electron chi connectivity index (χ2n) is 2.24. The first-order chi connectivity index (χ1) is 5.57. The van der Waals surface area contributed by atoms with Crippen molar-refractivity contribution in [2.75, 3.05) is 7.11 Å². The van der Waals surface area contributed by atoms with Gasteiger partial charge in [-0.2, -0.15) is 0 Å². The molecule has 1 aromatic heterocycles. The second kappa shape index (κ2) is 3.49. The lowest BCUT2D eigenvalue weighted by molar-refractivity contribution is 0.410. The van der Waals surface area contributed by atoms with Gasteiger partial charge in [0.05, 0.1) is 11.6 Å².